The van der Waals surface area contributed by atoms with Crippen molar-refractivity contribution in [2.24, 2.45) is 23.5 Å². The Morgan fingerprint density at radius 1 is 1.08 bits per heavy atom. The smallest absolute Gasteiger partial charge is 0.326 e. The number of ether oxygens (including phenoxy) is 2. The molecule has 3 amide bonds. The number of nitrogens with one attached hydrogen (secondary N) is 2. The van der Waals surface area contributed by atoms with Gasteiger partial charge in [0.25, 0.3) is 0 Å². The average molecular weight is 720 g/mol. The number of likely N-dealkylation sites (N-methyl/N-ethyl adjacent to an activating group) is 1. The van der Waals surface area contributed by atoms with Crippen molar-refractivity contribution >= 4 is 40.9 Å². The number of carboxylic acids is 1. The number of rotatable bonds is 19. The highest BCUT2D eigenvalue weighted by atomic mass is 32.1. The molecular formula is C37H61N5O7S. The molecular weight excluding hydrogens is 659 g/mol. The van der Waals surface area contributed by atoms with Crippen molar-refractivity contribution in [1.29, 1.82) is 0 Å². The lowest BCUT2D eigenvalue weighted by molar-refractivity contribution is -0.147. The van der Waals surface area contributed by atoms with Crippen molar-refractivity contribution in [3.63, 3.8) is 0 Å². The number of hydrogen-bond acceptors (Lipinski definition) is 8. The normalized spacial score (nSPS) is 19.1. The van der Waals surface area contributed by atoms with Gasteiger partial charge >= 0.3 is 5.97 Å². The Bertz CT molecular complexity index is 1290. The van der Waals surface area contributed by atoms with Gasteiger partial charge in [-0.2, -0.15) is 0 Å². The van der Waals surface area contributed by atoms with E-state index < -0.39 is 47.7 Å². The molecule has 0 aromatic heterocycles. The number of carbonyl (C=O) groups is 4. The molecule has 0 saturated carbocycles. The minimum absolute atomic E-state index is 0.0276. The number of thiocarbonyl (C=S) groups is 1. The fourth-order valence-corrected chi connectivity index (χ4v) is 7.00. The summed E-state index contributed by atoms with van der Waals surface area (Å²) in [5.74, 6) is -2.47. The van der Waals surface area contributed by atoms with Crippen LogP contribution in [0.1, 0.15) is 79.7 Å². The van der Waals surface area contributed by atoms with Crippen molar-refractivity contribution in [2.45, 2.75) is 122 Å². The van der Waals surface area contributed by atoms with Crippen LogP contribution in [0.3, 0.4) is 0 Å². The summed E-state index contributed by atoms with van der Waals surface area (Å²) in [4.78, 5) is 56.8. The van der Waals surface area contributed by atoms with E-state index in [1.54, 1.807) is 40.0 Å². The highest BCUT2D eigenvalue weighted by Crippen LogP contribution is 2.30. The summed E-state index contributed by atoms with van der Waals surface area (Å²) in [6.07, 6.45) is 1.38. The molecule has 13 heteroatoms. The molecule has 2 rings (SSSR count). The molecule has 0 aliphatic carbocycles. The molecule has 0 spiro atoms. The monoisotopic (exact) mass is 719 g/mol. The first kappa shape index (κ1) is 43.0. The second kappa shape index (κ2) is 19.5. The lowest BCUT2D eigenvalue weighted by Gasteiger charge is -2.41. The van der Waals surface area contributed by atoms with E-state index in [1.165, 1.54) is 0 Å². The van der Waals surface area contributed by atoms with Crippen LogP contribution in [0.4, 0.5) is 0 Å². The Balaban J connectivity index is 2.26. The molecule has 50 heavy (non-hydrogen) atoms. The van der Waals surface area contributed by atoms with Gasteiger partial charge in [0.1, 0.15) is 12.1 Å². The number of amides is 3. The van der Waals surface area contributed by atoms with E-state index in [-0.39, 0.29) is 48.5 Å². The Kier molecular flexibility index (Phi) is 16.8. The van der Waals surface area contributed by atoms with Crippen LogP contribution in [-0.4, -0.2) is 113 Å². The van der Waals surface area contributed by atoms with Gasteiger partial charge in [0.15, 0.2) is 0 Å². The van der Waals surface area contributed by atoms with E-state index in [0.717, 1.165) is 18.4 Å². The molecule has 0 bridgehead atoms. The van der Waals surface area contributed by atoms with Crippen molar-refractivity contribution in [3.8, 4) is 0 Å². The van der Waals surface area contributed by atoms with Crippen LogP contribution < -0.4 is 16.4 Å². The minimum Gasteiger partial charge on any atom is -0.480 e. The summed E-state index contributed by atoms with van der Waals surface area (Å²) in [5.41, 5.74) is 5.73. The van der Waals surface area contributed by atoms with E-state index in [0.29, 0.717) is 18.0 Å². The van der Waals surface area contributed by atoms with Crippen LogP contribution in [0.25, 0.3) is 0 Å². The molecule has 1 heterocycles. The number of benzene rings is 1. The van der Waals surface area contributed by atoms with Crippen LogP contribution in [0.2, 0.25) is 0 Å². The molecule has 1 aliphatic rings. The number of methoxy groups -OCH3 is 2. The van der Waals surface area contributed by atoms with Gasteiger partial charge in [0.05, 0.1) is 41.2 Å². The van der Waals surface area contributed by atoms with Crippen LogP contribution in [0.15, 0.2) is 30.3 Å². The van der Waals surface area contributed by atoms with Crippen molar-refractivity contribution in [1.82, 2.24) is 20.4 Å². The molecule has 5 N–H and O–H groups in total. The fourth-order valence-electron chi connectivity index (χ4n) is 6.72. The average Bonchev–Trinajstić information content (AvgIpc) is 3.55. The standard InChI is InChI=1S/C37H61N5O7S/c1-11-23(4)31(41(8)34(44)30(22(2)3)40-36(47)37(6,7)38)28(48-9)21-29(43)42-19-15-18-27(42)32(49-10)24(5)33(50)39-26(35(45)46)20-25-16-13-12-14-17-25/h12-14,16-17,22-24,26-28,30-32H,11,15,18-21,38H2,1-10H3,(H,39,50)(H,40,47)(H,45,46)/t23-,24+,26-,27-,28+,30-,31-,32+/m0/s1. The molecule has 282 valence electrons. The van der Waals surface area contributed by atoms with Crippen LogP contribution >= 0.6 is 12.2 Å². The Labute approximate surface area is 304 Å². The predicted molar refractivity (Wildman–Crippen MR) is 198 cm³/mol. The zero-order valence-corrected chi connectivity index (χ0v) is 32.4. The van der Waals surface area contributed by atoms with E-state index in [9.17, 15) is 24.3 Å². The largest absolute Gasteiger partial charge is 0.480 e. The summed E-state index contributed by atoms with van der Waals surface area (Å²) < 4.78 is 11.9. The summed E-state index contributed by atoms with van der Waals surface area (Å²) in [6.45, 7) is 13.4. The number of carbonyl (C=O) groups excluding carboxylic acids is 3. The molecule has 1 aromatic rings. The third-order valence-corrected chi connectivity index (χ3v) is 10.5. The number of carboxylic acid groups (broad SMARTS) is 1. The van der Waals surface area contributed by atoms with Gasteiger partial charge in [-0.15, -0.1) is 0 Å². The third kappa shape index (κ3) is 11.4. The SMILES string of the molecule is CC[C@H](C)[C@@H]([C@@H](CC(=O)N1CCC[C@H]1[C@H](OC)[C@@H](C)C(=S)N[C@@H](Cc1ccccc1)C(=O)O)OC)N(C)C(=O)[C@@H](NC(=O)C(C)(C)N)C(C)C. The van der Waals surface area contributed by atoms with E-state index >= 15 is 0 Å². The Hall–Kier alpha value is -3.13. The van der Waals surface area contributed by atoms with Crippen molar-refractivity contribution in [2.75, 3.05) is 27.8 Å². The van der Waals surface area contributed by atoms with E-state index in [1.807, 2.05) is 69.9 Å². The molecule has 1 fully saturated rings. The van der Waals surface area contributed by atoms with Gasteiger partial charge in [-0.3, -0.25) is 14.4 Å². The number of hydrogen-bond donors (Lipinski definition) is 4. The molecule has 8 atom stereocenters. The van der Waals surface area contributed by atoms with E-state index in [2.05, 4.69) is 10.6 Å². The zero-order valence-electron chi connectivity index (χ0n) is 31.6. The molecule has 0 radical (unpaired) electrons. The van der Waals surface area contributed by atoms with Gasteiger partial charge in [-0.25, -0.2) is 4.79 Å². The quantitative estimate of drug-likeness (QED) is 0.156. The second-order valence-corrected chi connectivity index (χ2v) is 15.0. The first-order chi connectivity index (χ1) is 23.4. The Morgan fingerprint density at radius 2 is 1.70 bits per heavy atom. The van der Waals surface area contributed by atoms with Crippen LogP contribution in [0.5, 0.6) is 0 Å². The zero-order chi connectivity index (χ0) is 37.9. The lowest BCUT2D eigenvalue weighted by atomic mass is 9.89. The Morgan fingerprint density at radius 3 is 2.20 bits per heavy atom. The summed E-state index contributed by atoms with van der Waals surface area (Å²) in [6, 6.07) is 6.87. The van der Waals surface area contributed by atoms with Gasteiger partial charge in [0, 0.05) is 40.2 Å². The first-order valence-corrected chi connectivity index (χ1v) is 18.1. The third-order valence-electron chi connectivity index (χ3n) is 9.96. The maximum atomic E-state index is 14.1. The number of aliphatic carboxylic acids is 1. The van der Waals surface area contributed by atoms with Crippen molar-refractivity contribution < 1.29 is 33.8 Å². The lowest BCUT2D eigenvalue weighted by Crippen LogP contribution is -2.60. The molecule has 1 saturated heterocycles. The summed E-state index contributed by atoms with van der Waals surface area (Å²) in [5, 5.41) is 15.8. The van der Waals surface area contributed by atoms with Crippen molar-refractivity contribution in [3.05, 3.63) is 35.9 Å². The highest BCUT2D eigenvalue weighted by molar-refractivity contribution is 7.80. The first-order valence-electron chi connectivity index (χ1n) is 17.7. The molecule has 1 aromatic carbocycles. The van der Waals surface area contributed by atoms with E-state index in [4.69, 9.17) is 27.4 Å². The summed E-state index contributed by atoms with van der Waals surface area (Å²) >= 11 is 5.73. The van der Waals surface area contributed by atoms with Crippen LogP contribution in [-0.2, 0) is 35.1 Å². The fraction of sp³-hybridized carbons (Fsp3) is 0.703. The summed E-state index contributed by atoms with van der Waals surface area (Å²) in [7, 11) is 4.82. The predicted octanol–water partition coefficient (Wildman–Crippen LogP) is 3.40. The number of nitrogens with zero attached hydrogens (tertiary/aromatic N) is 2. The van der Waals surface area contributed by atoms with Crippen LogP contribution in [0, 0.1) is 17.8 Å². The maximum absolute atomic E-state index is 14.1. The molecule has 12 nitrogen and oxygen atoms in total. The number of likely N-dealkylation sites (tertiary alicyclic amines) is 1. The minimum atomic E-state index is -1.16. The topological polar surface area (TPSA) is 164 Å². The van der Waals surface area contributed by atoms with Gasteiger partial charge in [-0.1, -0.05) is 83.6 Å². The highest BCUT2D eigenvalue weighted by Gasteiger charge is 2.43. The second-order valence-electron chi connectivity index (χ2n) is 14.6. The molecule has 1 aliphatic heterocycles. The number of nitrogens with two attached hydrogens (primary N) is 1. The van der Waals surface area contributed by atoms with Gasteiger partial charge in [-0.05, 0) is 44.1 Å². The maximum Gasteiger partial charge on any atom is 0.326 e. The van der Waals surface area contributed by atoms with Gasteiger partial charge < -0.3 is 40.7 Å². The van der Waals surface area contributed by atoms with Gasteiger partial charge in [0.2, 0.25) is 17.7 Å². The molecule has 0 unspecified atom stereocenters.